The molecule has 4 atom stereocenters. The third kappa shape index (κ3) is 6.71. The Morgan fingerprint density at radius 2 is 1.84 bits per heavy atom. The van der Waals surface area contributed by atoms with E-state index in [0.717, 1.165) is 6.07 Å². The second-order valence-electron chi connectivity index (χ2n) is 11.1. The van der Waals surface area contributed by atoms with E-state index in [0.29, 0.717) is 28.1 Å². The van der Waals surface area contributed by atoms with E-state index in [4.69, 9.17) is 19.9 Å². The second kappa shape index (κ2) is 12.9. The molecule has 1 aromatic heterocycles. The number of halogens is 1. The number of aromatic nitrogens is 1. The molecule has 1 aliphatic rings. The molecule has 0 bridgehead atoms. The Morgan fingerprint density at radius 1 is 1.09 bits per heavy atom. The lowest BCUT2D eigenvalue weighted by Gasteiger charge is -2.31. The molecule has 0 aliphatic carbocycles. The highest BCUT2D eigenvalue weighted by Crippen LogP contribution is 2.36. The predicted octanol–water partition coefficient (Wildman–Crippen LogP) is 4.71. The van der Waals surface area contributed by atoms with Crippen LogP contribution in [-0.2, 0) is 19.1 Å². The highest BCUT2D eigenvalue weighted by molar-refractivity contribution is 6.14. The first-order valence-electron chi connectivity index (χ1n) is 14.3. The number of nitrogens with zero attached hydrogens (tertiary/aromatic N) is 2. The molecule has 2 heterocycles. The molecule has 12 heteroatoms. The van der Waals surface area contributed by atoms with E-state index in [-0.39, 0.29) is 17.9 Å². The van der Waals surface area contributed by atoms with Crippen LogP contribution in [0.2, 0.25) is 0 Å². The van der Waals surface area contributed by atoms with E-state index in [1.54, 1.807) is 81.8 Å². The smallest absolute Gasteiger partial charge is 0.322 e. The summed E-state index contributed by atoms with van der Waals surface area (Å²) in [5, 5.41) is 4.63. The molecule has 0 saturated carbocycles. The van der Waals surface area contributed by atoms with Crippen molar-refractivity contribution in [3.63, 3.8) is 0 Å². The Labute approximate surface area is 259 Å². The number of pyridine rings is 1. The number of nitrogens with one attached hydrogen (secondary N) is 2. The van der Waals surface area contributed by atoms with Crippen molar-refractivity contribution in [3.8, 4) is 17.2 Å². The molecule has 1 fully saturated rings. The van der Waals surface area contributed by atoms with Crippen LogP contribution < -0.4 is 31.0 Å². The normalized spacial score (nSPS) is 19.2. The number of anilines is 2. The molecule has 0 radical (unpaired) electrons. The third-order valence-corrected chi connectivity index (χ3v) is 7.48. The van der Waals surface area contributed by atoms with Crippen molar-refractivity contribution in [1.82, 2.24) is 10.4 Å². The van der Waals surface area contributed by atoms with Gasteiger partial charge in [0.05, 0.1) is 23.9 Å². The summed E-state index contributed by atoms with van der Waals surface area (Å²) in [5.41, 5.74) is 8.87. The standard InChI is InChI=1S/C33H34FN5O6/c1-19(44-32(42)20(2)35)18-33(3)29(31(41)39(38-33)22-8-6-5-7-9-22)30(40)37-21-10-13-28(25(34)16-21)45-27-14-15-36-26-17-23(43-4)11-12-24(26)27/h5-17,19-20,29,38H,18,35H2,1-4H3,(H,37,40)/t19-,20?,29?,33?/m1/s1. The topological polar surface area (TPSA) is 145 Å². The van der Waals surface area contributed by atoms with Gasteiger partial charge in [-0.05, 0) is 63.2 Å². The number of hydrazine groups is 1. The van der Waals surface area contributed by atoms with E-state index in [1.807, 2.05) is 0 Å². The number of hydrogen-bond acceptors (Lipinski definition) is 9. The number of carbonyl (C=O) groups is 3. The predicted molar refractivity (Wildman–Crippen MR) is 166 cm³/mol. The number of amides is 2. The molecular weight excluding hydrogens is 581 g/mol. The zero-order valence-corrected chi connectivity index (χ0v) is 25.2. The minimum Gasteiger partial charge on any atom is -0.497 e. The van der Waals surface area contributed by atoms with Crippen LogP contribution in [0.3, 0.4) is 0 Å². The summed E-state index contributed by atoms with van der Waals surface area (Å²) < 4.78 is 31.8. The average Bonchev–Trinajstić information content (AvgIpc) is 3.27. The lowest BCUT2D eigenvalue weighted by molar-refractivity contribution is -0.150. The van der Waals surface area contributed by atoms with Crippen LogP contribution in [0.1, 0.15) is 27.2 Å². The SMILES string of the molecule is COc1ccc2c(Oc3ccc(NC(=O)C4C(=O)N(c5ccccc5)NC4(C)C[C@@H](C)OC(=O)C(C)N)cc3F)ccnc2c1. The van der Waals surface area contributed by atoms with E-state index in [9.17, 15) is 14.4 Å². The quantitative estimate of drug-likeness (QED) is 0.171. The summed E-state index contributed by atoms with van der Waals surface area (Å²) in [7, 11) is 1.55. The first-order valence-corrected chi connectivity index (χ1v) is 14.3. The molecule has 3 aromatic carbocycles. The van der Waals surface area contributed by atoms with Crippen LogP contribution in [0, 0.1) is 11.7 Å². The van der Waals surface area contributed by atoms with Gasteiger partial charge in [0.1, 0.15) is 29.6 Å². The van der Waals surface area contributed by atoms with Gasteiger partial charge >= 0.3 is 5.97 Å². The van der Waals surface area contributed by atoms with Crippen molar-refractivity contribution in [1.29, 1.82) is 0 Å². The Bertz CT molecular complexity index is 1740. The summed E-state index contributed by atoms with van der Waals surface area (Å²) in [4.78, 5) is 43.9. The van der Waals surface area contributed by atoms with Crippen molar-refractivity contribution in [2.24, 2.45) is 11.7 Å². The van der Waals surface area contributed by atoms with Crippen molar-refractivity contribution in [2.75, 3.05) is 17.4 Å². The zero-order valence-electron chi connectivity index (χ0n) is 25.2. The molecule has 45 heavy (non-hydrogen) atoms. The maximum atomic E-state index is 15.3. The third-order valence-electron chi connectivity index (χ3n) is 7.48. The number of para-hydroxylation sites is 1. The van der Waals surface area contributed by atoms with Crippen LogP contribution in [0.4, 0.5) is 15.8 Å². The molecule has 4 N–H and O–H groups in total. The number of carbonyl (C=O) groups excluding carboxylic acids is 3. The van der Waals surface area contributed by atoms with Gasteiger partial charge in [0.15, 0.2) is 11.6 Å². The lowest BCUT2D eigenvalue weighted by Crippen LogP contribution is -2.51. The molecule has 3 unspecified atom stereocenters. The number of nitrogens with two attached hydrogens (primary N) is 1. The van der Waals surface area contributed by atoms with Crippen LogP contribution in [0.5, 0.6) is 17.2 Å². The number of ether oxygens (including phenoxy) is 3. The number of fused-ring (bicyclic) bond motifs is 1. The number of esters is 1. The molecule has 11 nitrogen and oxygen atoms in total. The Balaban J connectivity index is 1.37. The van der Waals surface area contributed by atoms with Crippen molar-refractivity contribution in [3.05, 3.63) is 84.8 Å². The summed E-state index contributed by atoms with van der Waals surface area (Å²) in [5.74, 6) is -2.83. The van der Waals surface area contributed by atoms with Crippen molar-refractivity contribution >= 4 is 40.1 Å². The van der Waals surface area contributed by atoms with Gasteiger partial charge in [-0.1, -0.05) is 18.2 Å². The van der Waals surface area contributed by atoms with Gasteiger partial charge in [0.2, 0.25) is 5.91 Å². The fourth-order valence-electron chi connectivity index (χ4n) is 5.37. The first-order chi connectivity index (χ1) is 21.5. The van der Waals surface area contributed by atoms with Gasteiger partial charge in [-0.25, -0.2) is 14.8 Å². The molecule has 5 rings (SSSR count). The Morgan fingerprint density at radius 3 is 2.53 bits per heavy atom. The lowest BCUT2D eigenvalue weighted by atomic mass is 9.82. The largest absolute Gasteiger partial charge is 0.497 e. The van der Waals surface area contributed by atoms with Crippen LogP contribution in [0.15, 0.2) is 79.0 Å². The number of hydrogen-bond donors (Lipinski definition) is 3. The first kappa shape index (κ1) is 31.4. The molecule has 4 aromatic rings. The van der Waals surface area contributed by atoms with Crippen molar-refractivity contribution in [2.45, 2.75) is 44.9 Å². The molecule has 1 aliphatic heterocycles. The van der Waals surface area contributed by atoms with E-state index < -0.39 is 47.2 Å². The number of methoxy groups -OCH3 is 1. The van der Waals surface area contributed by atoms with Gasteiger partial charge < -0.3 is 25.3 Å². The molecule has 2 amide bonds. The molecule has 1 saturated heterocycles. The summed E-state index contributed by atoms with van der Waals surface area (Å²) in [6, 6.07) is 18.8. The number of benzene rings is 3. The summed E-state index contributed by atoms with van der Waals surface area (Å²) in [6.45, 7) is 4.86. The second-order valence-corrected chi connectivity index (χ2v) is 11.1. The summed E-state index contributed by atoms with van der Waals surface area (Å²) >= 11 is 0. The maximum Gasteiger partial charge on any atom is 0.322 e. The van der Waals surface area contributed by atoms with Crippen molar-refractivity contribution < 1.29 is 33.0 Å². The Hall–Kier alpha value is -5.07. The van der Waals surface area contributed by atoms with Gasteiger partial charge in [-0.15, -0.1) is 0 Å². The summed E-state index contributed by atoms with van der Waals surface area (Å²) in [6.07, 6.45) is 0.967. The minimum atomic E-state index is -1.26. The molecular formula is C33H34FN5O6. The number of rotatable bonds is 10. The van der Waals surface area contributed by atoms with E-state index in [1.165, 1.54) is 24.1 Å². The highest BCUT2D eigenvalue weighted by Gasteiger charge is 2.54. The van der Waals surface area contributed by atoms with E-state index in [2.05, 4.69) is 15.7 Å². The monoisotopic (exact) mass is 615 g/mol. The van der Waals surface area contributed by atoms with E-state index >= 15 is 4.39 Å². The van der Waals surface area contributed by atoms with Gasteiger partial charge in [0.25, 0.3) is 5.91 Å². The van der Waals surface area contributed by atoms with Gasteiger partial charge in [-0.3, -0.25) is 19.4 Å². The highest BCUT2D eigenvalue weighted by atomic mass is 19.1. The van der Waals surface area contributed by atoms with Crippen LogP contribution >= 0.6 is 0 Å². The van der Waals surface area contributed by atoms with Gasteiger partial charge in [-0.2, -0.15) is 0 Å². The van der Waals surface area contributed by atoms with Crippen LogP contribution in [0.25, 0.3) is 10.9 Å². The molecule has 234 valence electrons. The molecule has 0 spiro atoms. The Kier molecular flexibility index (Phi) is 8.98. The minimum absolute atomic E-state index is 0.0696. The average molecular weight is 616 g/mol. The zero-order chi connectivity index (χ0) is 32.3. The van der Waals surface area contributed by atoms with Crippen LogP contribution in [-0.4, -0.2) is 47.6 Å². The fourth-order valence-corrected chi connectivity index (χ4v) is 5.37. The fraction of sp³-hybridized carbons (Fsp3) is 0.273. The van der Waals surface area contributed by atoms with Gasteiger partial charge in [0, 0.05) is 35.8 Å². The maximum absolute atomic E-state index is 15.3.